The van der Waals surface area contributed by atoms with E-state index in [1.165, 1.54) is 6.92 Å². The summed E-state index contributed by atoms with van der Waals surface area (Å²) < 4.78 is 0. The van der Waals surface area contributed by atoms with Crippen molar-refractivity contribution in [3.8, 4) is 0 Å². The molecule has 1 atom stereocenters. The number of nitrogens with one attached hydrogen (secondary N) is 3. The molecule has 30 heavy (non-hydrogen) atoms. The number of hydrogen-bond acceptors (Lipinski definition) is 3. The Balaban J connectivity index is 1.88. The van der Waals surface area contributed by atoms with E-state index in [1.807, 2.05) is 49.1 Å². The van der Waals surface area contributed by atoms with Gasteiger partial charge in [-0.1, -0.05) is 30.3 Å². The van der Waals surface area contributed by atoms with Crippen LogP contribution in [0.1, 0.15) is 26.3 Å². The largest absolute Gasteiger partial charge is 0.334 e. The molecule has 0 aromatic heterocycles. The van der Waals surface area contributed by atoms with Gasteiger partial charge in [0.25, 0.3) is 11.8 Å². The van der Waals surface area contributed by atoms with Crippen molar-refractivity contribution in [1.82, 2.24) is 4.90 Å². The number of hydrogen-bond donors (Lipinski definition) is 3. The molecule has 1 unspecified atom stereocenters. The molecule has 0 aliphatic rings. The van der Waals surface area contributed by atoms with E-state index in [4.69, 9.17) is 0 Å². The fraction of sp³-hybridized carbons (Fsp3) is 0.348. The molecule has 3 N–H and O–H groups in total. The molecule has 7 nitrogen and oxygen atoms in total. The van der Waals surface area contributed by atoms with E-state index in [2.05, 4.69) is 10.6 Å². The molecule has 0 spiro atoms. The number of likely N-dealkylation sites (N-methyl/N-ethyl adjacent to an activating group) is 2. The molecule has 2 aromatic carbocycles. The second kappa shape index (κ2) is 11.7. The van der Waals surface area contributed by atoms with Crippen molar-refractivity contribution >= 4 is 29.1 Å². The maximum Gasteiger partial charge on any atom is 0.279 e. The summed E-state index contributed by atoms with van der Waals surface area (Å²) >= 11 is 0. The first kappa shape index (κ1) is 23.1. The highest BCUT2D eigenvalue weighted by molar-refractivity contribution is 5.92. The number of nitrogens with zero attached hydrogens (tertiary/aromatic N) is 1. The SMILES string of the molecule is CCN(Cc1ccccc1)C(=O)C[NH+](CC)CC(=O)Nc1ccc(NC(C)=O)cc1. The molecule has 0 fully saturated rings. The molecule has 160 valence electrons. The van der Waals surface area contributed by atoms with Gasteiger partial charge in [0.2, 0.25) is 5.91 Å². The van der Waals surface area contributed by atoms with Gasteiger partial charge in [-0.25, -0.2) is 0 Å². The van der Waals surface area contributed by atoms with Crippen LogP contribution < -0.4 is 15.5 Å². The molecular weight excluding hydrogens is 380 g/mol. The molecular formula is C23H31N4O3+. The van der Waals surface area contributed by atoms with Gasteiger partial charge in [-0.15, -0.1) is 0 Å². The zero-order valence-corrected chi connectivity index (χ0v) is 17.9. The third-order valence-electron chi connectivity index (χ3n) is 4.75. The van der Waals surface area contributed by atoms with Crippen molar-refractivity contribution in [3.05, 3.63) is 60.2 Å². The van der Waals surface area contributed by atoms with Crippen molar-refractivity contribution in [2.45, 2.75) is 27.3 Å². The van der Waals surface area contributed by atoms with Gasteiger partial charge < -0.3 is 20.4 Å². The summed E-state index contributed by atoms with van der Waals surface area (Å²) in [6.45, 7) is 7.71. The summed E-state index contributed by atoms with van der Waals surface area (Å²) in [5, 5.41) is 5.53. The van der Waals surface area contributed by atoms with Crippen LogP contribution in [0.3, 0.4) is 0 Å². The molecule has 2 aromatic rings. The third kappa shape index (κ3) is 7.67. The standard InChI is InChI=1S/C23H30N4O3/c1-4-26(17-23(30)27(5-2)15-19-9-7-6-8-10-19)16-22(29)25-21-13-11-20(12-14-21)24-18(3)28/h6-14H,4-5,15-17H2,1-3H3,(H,24,28)(H,25,29)/p+1. The summed E-state index contributed by atoms with van der Waals surface area (Å²) in [6, 6.07) is 16.8. The van der Waals surface area contributed by atoms with E-state index in [-0.39, 0.29) is 30.8 Å². The first-order chi connectivity index (χ1) is 14.4. The minimum Gasteiger partial charge on any atom is -0.334 e. The van der Waals surface area contributed by atoms with E-state index in [9.17, 15) is 14.4 Å². The van der Waals surface area contributed by atoms with E-state index >= 15 is 0 Å². The van der Waals surface area contributed by atoms with Crippen LogP contribution in [0.5, 0.6) is 0 Å². The molecule has 3 amide bonds. The summed E-state index contributed by atoms with van der Waals surface area (Å²) in [6.07, 6.45) is 0. The fourth-order valence-electron chi connectivity index (χ4n) is 3.09. The van der Waals surface area contributed by atoms with Gasteiger partial charge in [0.1, 0.15) is 0 Å². The molecule has 0 radical (unpaired) electrons. The smallest absolute Gasteiger partial charge is 0.279 e. The average Bonchev–Trinajstić information content (AvgIpc) is 2.73. The Morgan fingerprint density at radius 2 is 1.47 bits per heavy atom. The number of quaternary nitrogens is 1. The normalized spacial score (nSPS) is 11.4. The Kier molecular flexibility index (Phi) is 9.03. The fourth-order valence-corrected chi connectivity index (χ4v) is 3.09. The van der Waals surface area contributed by atoms with Crippen molar-refractivity contribution in [2.75, 3.05) is 36.8 Å². The van der Waals surface area contributed by atoms with E-state index < -0.39 is 0 Å². The quantitative estimate of drug-likeness (QED) is 0.555. The van der Waals surface area contributed by atoms with Crippen molar-refractivity contribution in [3.63, 3.8) is 0 Å². The Hall–Kier alpha value is -3.19. The van der Waals surface area contributed by atoms with Gasteiger partial charge in [0.05, 0.1) is 6.54 Å². The van der Waals surface area contributed by atoms with E-state index in [0.29, 0.717) is 31.0 Å². The summed E-state index contributed by atoms with van der Waals surface area (Å²) in [4.78, 5) is 39.0. The zero-order valence-electron chi connectivity index (χ0n) is 17.9. The van der Waals surface area contributed by atoms with Crippen LogP contribution in [0.15, 0.2) is 54.6 Å². The summed E-state index contributed by atoms with van der Waals surface area (Å²) in [5.41, 5.74) is 2.41. The van der Waals surface area contributed by atoms with E-state index in [0.717, 1.165) is 10.5 Å². The van der Waals surface area contributed by atoms with Crippen LogP contribution in [0.4, 0.5) is 11.4 Å². The van der Waals surface area contributed by atoms with Crippen LogP contribution in [0.25, 0.3) is 0 Å². The molecule has 7 heteroatoms. The van der Waals surface area contributed by atoms with Crippen molar-refractivity contribution in [2.24, 2.45) is 0 Å². The van der Waals surface area contributed by atoms with Gasteiger partial charge >= 0.3 is 0 Å². The predicted octanol–water partition coefficient (Wildman–Crippen LogP) is 1.54. The molecule has 0 saturated heterocycles. The minimum atomic E-state index is -0.155. The highest BCUT2D eigenvalue weighted by Crippen LogP contribution is 2.13. The van der Waals surface area contributed by atoms with Crippen molar-refractivity contribution in [1.29, 1.82) is 0 Å². The molecule has 0 heterocycles. The van der Waals surface area contributed by atoms with Crippen LogP contribution in [-0.2, 0) is 20.9 Å². The van der Waals surface area contributed by atoms with Crippen LogP contribution in [0, 0.1) is 0 Å². The number of carbonyl (C=O) groups excluding carboxylic acids is 3. The third-order valence-corrected chi connectivity index (χ3v) is 4.75. The molecule has 0 saturated carbocycles. The number of benzene rings is 2. The Morgan fingerprint density at radius 3 is 2.00 bits per heavy atom. The maximum absolute atomic E-state index is 12.8. The van der Waals surface area contributed by atoms with Gasteiger partial charge in [-0.3, -0.25) is 14.4 Å². The highest BCUT2D eigenvalue weighted by Gasteiger charge is 2.20. The van der Waals surface area contributed by atoms with E-state index in [1.54, 1.807) is 24.3 Å². The highest BCUT2D eigenvalue weighted by atomic mass is 16.2. The Bertz CT molecular complexity index is 837. The number of rotatable bonds is 10. The van der Waals surface area contributed by atoms with Gasteiger partial charge in [-0.05, 0) is 43.7 Å². The van der Waals surface area contributed by atoms with Crippen LogP contribution >= 0.6 is 0 Å². The predicted molar refractivity (Wildman–Crippen MR) is 118 cm³/mol. The minimum absolute atomic E-state index is 0.0330. The lowest BCUT2D eigenvalue weighted by molar-refractivity contribution is -0.882. The first-order valence-corrected chi connectivity index (χ1v) is 10.2. The lowest BCUT2D eigenvalue weighted by Crippen LogP contribution is -3.13. The first-order valence-electron chi connectivity index (χ1n) is 10.2. The van der Waals surface area contributed by atoms with Gasteiger partial charge in [0.15, 0.2) is 13.1 Å². The average molecular weight is 412 g/mol. The molecule has 0 bridgehead atoms. The van der Waals surface area contributed by atoms with Crippen LogP contribution in [0.2, 0.25) is 0 Å². The maximum atomic E-state index is 12.8. The second-order valence-corrected chi connectivity index (χ2v) is 7.16. The lowest BCUT2D eigenvalue weighted by Gasteiger charge is -2.24. The van der Waals surface area contributed by atoms with Gasteiger partial charge in [0, 0.05) is 31.4 Å². The number of amides is 3. The molecule has 2 rings (SSSR count). The zero-order chi connectivity index (χ0) is 21.9. The summed E-state index contributed by atoms with van der Waals surface area (Å²) in [7, 11) is 0. The van der Waals surface area contributed by atoms with Crippen LogP contribution in [-0.4, -0.2) is 48.8 Å². The Morgan fingerprint density at radius 1 is 0.867 bits per heavy atom. The number of anilines is 2. The molecule has 0 aliphatic heterocycles. The summed E-state index contributed by atoms with van der Waals surface area (Å²) in [5.74, 6) is -0.268. The Labute approximate surface area is 178 Å². The number of carbonyl (C=O) groups is 3. The topological polar surface area (TPSA) is 83.0 Å². The lowest BCUT2D eigenvalue weighted by atomic mass is 10.2. The van der Waals surface area contributed by atoms with Gasteiger partial charge in [-0.2, -0.15) is 0 Å². The van der Waals surface area contributed by atoms with Crippen molar-refractivity contribution < 1.29 is 19.3 Å². The molecule has 0 aliphatic carbocycles. The second-order valence-electron chi connectivity index (χ2n) is 7.16. The monoisotopic (exact) mass is 411 g/mol.